The van der Waals surface area contributed by atoms with E-state index < -0.39 is 37.0 Å². The molecule has 0 spiro atoms. The number of nitrogens with one attached hydrogen (secondary N) is 3. The van der Waals surface area contributed by atoms with Crippen molar-refractivity contribution in [3.63, 3.8) is 0 Å². The fraction of sp³-hybridized carbons (Fsp3) is 0.333. The Morgan fingerprint density at radius 2 is 2.00 bits per heavy atom. The SMILES string of the molecule is Cc1cc2c(NCC(=O)NCC(=O)O)nc(C(F)(F)F)nc2[nH]1. The van der Waals surface area contributed by atoms with Crippen molar-refractivity contribution in [1.82, 2.24) is 20.3 Å². The number of halogens is 3. The number of aromatic nitrogens is 3. The molecule has 8 nitrogen and oxygen atoms in total. The zero-order valence-corrected chi connectivity index (χ0v) is 11.8. The van der Waals surface area contributed by atoms with Gasteiger partial charge in [0.25, 0.3) is 0 Å². The lowest BCUT2D eigenvalue weighted by Crippen LogP contribution is -2.34. The predicted octanol–water partition coefficient (Wildman–Crippen LogP) is 0.898. The van der Waals surface area contributed by atoms with E-state index in [2.05, 4.69) is 25.6 Å². The van der Waals surface area contributed by atoms with Gasteiger partial charge in [0.2, 0.25) is 11.7 Å². The van der Waals surface area contributed by atoms with Crippen LogP contribution in [0.15, 0.2) is 6.07 Å². The normalized spacial score (nSPS) is 11.5. The number of carbonyl (C=O) groups is 2. The number of aliphatic carboxylic acids is 1. The van der Waals surface area contributed by atoms with Crippen LogP contribution in [0.2, 0.25) is 0 Å². The van der Waals surface area contributed by atoms with E-state index in [0.717, 1.165) is 0 Å². The molecule has 1 amide bonds. The average molecular weight is 331 g/mol. The minimum Gasteiger partial charge on any atom is -0.480 e. The predicted molar refractivity (Wildman–Crippen MR) is 72.8 cm³/mol. The third kappa shape index (κ3) is 4.08. The lowest BCUT2D eigenvalue weighted by molar-refractivity contribution is -0.144. The standard InChI is InChI=1S/C12H12F3N5O3/c1-5-2-6-9(17-3-7(21)16-4-8(22)23)19-11(12(13,14)15)20-10(6)18-5/h2H,3-4H2,1H3,(H,16,21)(H,22,23)(H2,17,18,19,20). The summed E-state index contributed by atoms with van der Waals surface area (Å²) in [5, 5.41) is 13.3. The second-order valence-electron chi connectivity index (χ2n) is 4.63. The Morgan fingerprint density at radius 1 is 1.30 bits per heavy atom. The summed E-state index contributed by atoms with van der Waals surface area (Å²) in [5.74, 6) is -3.44. The van der Waals surface area contributed by atoms with Gasteiger partial charge in [-0.05, 0) is 13.0 Å². The van der Waals surface area contributed by atoms with E-state index in [1.165, 1.54) is 6.07 Å². The van der Waals surface area contributed by atoms with Crippen molar-refractivity contribution >= 4 is 28.7 Å². The van der Waals surface area contributed by atoms with Gasteiger partial charge in [-0.1, -0.05) is 0 Å². The maximum Gasteiger partial charge on any atom is 0.451 e. The van der Waals surface area contributed by atoms with Crippen molar-refractivity contribution in [2.45, 2.75) is 13.1 Å². The maximum atomic E-state index is 12.8. The number of aryl methyl sites for hydroxylation is 1. The Balaban J connectivity index is 2.24. The Morgan fingerprint density at radius 3 is 2.61 bits per heavy atom. The monoisotopic (exact) mass is 331 g/mol. The number of hydrogen-bond donors (Lipinski definition) is 4. The molecule has 0 aliphatic carbocycles. The number of aromatic amines is 1. The average Bonchev–Trinajstić information content (AvgIpc) is 2.81. The van der Waals surface area contributed by atoms with Crippen LogP contribution in [-0.4, -0.2) is 45.0 Å². The lowest BCUT2D eigenvalue weighted by Gasteiger charge is -2.10. The molecule has 0 aromatic carbocycles. The molecule has 0 unspecified atom stereocenters. The Hall–Kier alpha value is -2.85. The maximum absolute atomic E-state index is 12.8. The van der Waals surface area contributed by atoms with Crippen LogP contribution in [0.1, 0.15) is 11.5 Å². The molecule has 2 rings (SSSR count). The Labute approximate surface area is 127 Å². The van der Waals surface area contributed by atoms with Crippen molar-refractivity contribution in [1.29, 1.82) is 0 Å². The summed E-state index contributed by atoms with van der Waals surface area (Å²) in [6.45, 7) is 0.621. The number of carboxylic acids is 1. The largest absolute Gasteiger partial charge is 0.480 e. The summed E-state index contributed by atoms with van der Waals surface area (Å²) < 4.78 is 38.4. The fourth-order valence-electron chi connectivity index (χ4n) is 1.80. The van der Waals surface area contributed by atoms with Crippen LogP contribution < -0.4 is 10.6 Å². The molecule has 0 saturated carbocycles. The van der Waals surface area contributed by atoms with Crippen LogP contribution in [-0.2, 0) is 15.8 Å². The van der Waals surface area contributed by atoms with Crippen LogP contribution in [0.5, 0.6) is 0 Å². The number of anilines is 1. The molecule has 11 heteroatoms. The van der Waals surface area contributed by atoms with Gasteiger partial charge in [0.05, 0.1) is 11.9 Å². The molecule has 0 saturated heterocycles. The van der Waals surface area contributed by atoms with E-state index in [4.69, 9.17) is 5.11 Å². The molecular weight excluding hydrogens is 319 g/mol. The lowest BCUT2D eigenvalue weighted by atomic mass is 10.3. The summed E-state index contributed by atoms with van der Waals surface area (Å²) >= 11 is 0. The first-order valence-corrected chi connectivity index (χ1v) is 6.33. The van der Waals surface area contributed by atoms with Gasteiger partial charge < -0.3 is 20.7 Å². The van der Waals surface area contributed by atoms with Crippen LogP contribution in [0, 0.1) is 6.92 Å². The smallest absolute Gasteiger partial charge is 0.451 e. The number of H-pyrrole nitrogens is 1. The van der Waals surface area contributed by atoms with E-state index in [-0.39, 0.29) is 11.5 Å². The van der Waals surface area contributed by atoms with Crippen LogP contribution in [0.3, 0.4) is 0 Å². The summed E-state index contributed by atoms with van der Waals surface area (Å²) in [5.41, 5.74) is 0.560. The van der Waals surface area contributed by atoms with Gasteiger partial charge in [-0.2, -0.15) is 13.2 Å². The first-order chi connectivity index (χ1) is 10.7. The summed E-state index contributed by atoms with van der Waals surface area (Å²) in [7, 11) is 0. The fourth-order valence-corrected chi connectivity index (χ4v) is 1.80. The second kappa shape index (κ2) is 6.10. The van der Waals surface area contributed by atoms with Crippen molar-refractivity contribution in [3.05, 3.63) is 17.6 Å². The Bertz CT molecular complexity index is 756. The molecule has 0 aliphatic rings. The van der Waals surface area contributed by atoms with Gasteiger partial charge in [0.15, 0.2) is 0 Å². The molecule has 0 bridgehead atoms. The summed E-state index contributed by atoms with van der Waals surface area (Å²) in [6, 6.07) is 1.53. The highest BCUT2D eigenvalue weighted by atomic mass is 19.4. The van der Waals surface area contributed by atoms with E-state index in [9.17, 15) is 22.8 Å². The molecule has 2 aromatic rings. The highest BCUT2D eigenvalue weighted by molar-refractivity contribution is 5.90. The van der Waals surface area contributed by atoms with Gasteiger partial charge in [-0.15, -0.1) is 0 Å². The van der Waals surface area contributed by atoms with Crippen molar-refractivity contribution in [2.75, 3.05) is 18.4 Å². The highest BCUT2D eigenvalue weighted by Crippen LogP contribution is 2.30. The number of fused-ring (bicyclic) bond motifs is 1. The minimum atomic E-state index is -4.74. The minimum absolute atomic E-state index is 0.0155. The van der Waals surface area contributed by atoms with E-state index in [0.29, 0.717) is 11.1 Å². The molecule has 0 fully saturated rings. The van der Waals surface area contributed by atoms with Gasteiger partial charge >= 0.3 is 12.1 Å². The van der Waals surface area contributed by atoms with E-state index in [1.54, 1.807) is 6.92 Å². The number of alkyl halides is 3. The number of amides is 1. The highest BCUT2D eigenvalue weighted by Gasteiger charge is 2.35. The van der Waals surface area contributed by atoms with Gasteiger partial charge in [-0.3, -0.25) is 9.59 Å². The van der Waals surface area contributed by atoms with E-state index in [1.807, 2.05) is 0 Å². The van der Waals surface area contributed by atoms with Crippen molar-refractivity contribution in [3.8, 4) is 0 Å². The molecule has 2 heterocycles. The van der Waals surface area contributed by atoms with Crippen LogP contribution in [0.4, 0.5) is 19.0 Å². The number of carboxylic acid groups (broad SMARTS) is 1. The third-order valence-corrected chi connectivity index (χ3v) is 2.73. The number of rotatable bonds is 5. The molecular formula is C12H12F3N5O3. The summed E-state index contributed by atoms with van der Waals surface area (Å²) in [4.78, 5) is 31.2. The quantitative estimate of drug-likeness (QED) is 0.646. The van der Waals surface area contributed by atoms with Gasteiger partial charge in [-0.25, -0.2) is 9.97 Å². The Kier molecular flexibility index (Phi) is 4.38. The van der Waals surface area contributed by atoms with Gasteiger partial charge in [0, 0.05) is 5.69 Å². The topological polar surface area (TPSA) is 120 Å². The van der Waals surface area contributed by atoms with Crippen LogP contribution >= 0.6 is 0 Å². The summed E-state index contributed by atoms with van der Waals surface area (Å²) in [6.07, 6.45) is -4.74. The molecule has 2 aromatic heterocycles. The first-order valence-electron chi connectivity index (χ1n) is 6.33. The molecule has 4 N–H and O–H groups in total. The van der Waals surface area contributed by atoms with Gasteiger partial charge in [0.1, 0.15) is 18.0 Å². The van der Waals surface area contributed by atoms with E-state index >= 15 is 0 Å². The molecule has 0 radical (unpaired) electrons. The second-order valence-corrected chi connectivity index (χ2v) is 4.63. The molecule has 23 heavy (non-hydrogen) atoms. The first kappa shape index (κ1) is 16.5. The number of hydrogen-bond acceptors (Lipinski definition) is 5. The van der Waals surface area contributed by atoms with Crippen LogP contribution in [0.25, 0.3) is 11.0 Å². The third-order valence-electron chi connectivity index (χ3n) is 2.73. The molecule has 0 aliphatic heterocycles. The van der Waals surface area contributed by atoms with Crippen molar-refractivity contribution in [2.24, 2.45) is 0 Å². The van der Waals surface area contributed by atoms with Crippen molar-refractivity contribution < 1.29 is 27.9 Å². The zero-order chi connectivity index (χ0) is 17.2. The number of carbonyl (C=O) groups excluding carboxylic acids is 1. The molecule has 124 valence electrons. The number of nitrogens with zero attached hydrogens (tertiary/aromatic N) is 2. The molecule has 0 atom stereocenters. The zero-order valence-electron chi connectivity index (χ0n) is 11.8.